The molecule has 0 fully saturated rings. The number of thioether (sulfide) groups is 1. The van der Waals surface area contributed by atoms with E-state index >= 15 is 0 Å². The normalized spacial score (nSPS) is 14.9. The van der Waals surface area contributed by atoms with Crippen LogP contribution in [0.5, 0.6) is 0 Å². The van der Waals surface area contributed by atoms with Crippen molar-refractivity contribution in [3.8, 4) is 0 Å². The molecule has 0 bridgehead atoms. The molecule has 1 rings (SSSR count). The summed E-state index contributed by atoms with van der Waals surface area (Å²) in [6, 6.07) is 2.46. The molecule has 0 radical (unpaired) electrons. The zero-order chi connectivity index (χ0) is 11.3. The number of nitrogens with zero attached hydrogens (tertiary/aromatic N) is 2. The Bertz CT molecular complexity index is 304. The van der Waals surface area contributed by atoms with Gasteiger partial charge in [0, 0.05) is 23.2 Å². The number of aromatic nitrogens is 2. The van der Waals surface area contributed by atoms with Gasteiger partial charge in [-0.25, -0.2) is 9.97 Å². The van der Waals surface area contributed by atoms with Crippen molar-refractivity contribution in [2.24, 2.45) is 0 Å². The highest BCUT2D eigenvalue weighted by atomic mass is 32.2. The first kappa shape index (κ1) is 12.5. The quantitative estimate of drug-likeness (QED) is 0.616. The number of hydrogen-bond donors (Lipinski definition) is 1. The molecule has 2 unspecified atom stereocenters. The Kier molecular flexibility index (Phi) is 5.05. The fraction of sp³-hybridized carbons (Fsp3) is 0.636. The van der Waals surface area contributed by atoms with Gasteiger partial charge in [-0.1, -0.05) is 18.7 Å². The molecule has 4 heteroatoms. The molecule has 15 heavy (non-hydrogen) atoms. The van der Waals surface area contributed by atoms with Gasteiger partial charge in [-0.15, -0.1) is 0 Å². The third-order valence-corrected chi connectivity index (χ3v) is 3.26. The fourth-order valence-electron chi connectivity index (χ4n) is 1.33. The Balaban J connectivity index is 2.47. The standard InChI is InChI=1S/C11H19N3S/c1-8-5-6-13-11(14-8)15-10(3)7-9(2)12-4/h5-6,9-10,12H,7H2,1-4H3. The first-order valence-corrected chi connectivity index (χ1v) is 6.13. The lowest BCUT2D eigenvalue weighted by Crippen LogP contribution is -2.24. The maximum absolute atomic E-state index is 4.38. The monoisotopic (exact) mass is 225 g/mol. The van der Waals surface area contributed by atoms with Crippen LogP contribution >= 0.6 is 11.8 Å². The molecule has 0 saturated heterocycles. The summed E-state index contributed by atoms with van der Waals surface area (Å²) in [7, 11) is 1.99. The van der Waals surface area contributed by atoms with Crippen molar-refractivity contribution < 1.29 is 0 Å². The zero-order valence-corrected chi connectivity index (χ0v) is 10.6. The smallest absolute Gasteiger partial charge is 0.187 e. The van der Waals surface area contributed by atoms with Gasteiger partial charge in [0.1, 0.15) is 0 Å². The maximum Gasteiger partial charge on any atom is 0.187 e. The van der Waals surface area contributed by atoms with Gasteiger partial charge in [-0.05, 0) is 33.4 Å². The SMILES string of the molecule is CNC(C)CC(C)Sc1nccc(C)n1. The molecule has 1 heterocycles. The highest BCUT2D eigenvalue weighted by molar-refractivity contribution is 7.99. The van der Waals surface area contributed by atoms with Crippen molar-refractivity contribution in [2.45, 2.75) is 43.6 Å². The highest BCUT2D eigenvalue weighted by Gasteiger charge is 2.10. The summed E-state index contributed by atoms with van der Waals surface area (Å²) in [5.74, 6) is 0. The van der Waals surface area contributed by atoms with E-state index in [1.807, 2.05) is 26.2 Å². The predicted molar refractivity (Wildman–Crippen MR) is 65.2 cm³/mol. The van der Waals surface area contributed by atoms with Crippen molar-refractivity contribution >= 4 is 11.8 Å². The Hall–Kier alpha value is -0.610. The average Bonchev–Trinajstić information content (AvgIpc) is 2.17. The lowest BCUT2D eigenvalue weighted by atomic mass is 10.2. The molecule has 84 valence electrons. The van der Waals surface area contributed by atoms with Gasteiger partial charge in [0.25, 0.3) is 0 Å². The van der Waals surface area contributed by atoms with Crippen molar-refractivity contribution in [3.05, 3.63) is 18.0 Å². The van der Waals surface area contributed by atoms with Crippen molar-refractivity contribution in [3.63, 3.8) is 0 Å². The third kappa shape index (κ3) is 4.62. The van der Waals surface area contributed by atoms with Gasteiger partial charge in [0.05, 0.1) is 0 Å². The Morgan fingerprint density at radius 2 is 2.20 bits per heavy atom. The van der Waals surface area contributed by atoms with Crippen molar-refractivity contribution in [2.75, 3.05) is 7.05 Å². The minimum Gasteiger partial charge on any atom is -0.317 e. The summed E-state index contributed by atoms with van der Waals surface area (Å²) in [6.45, 7) is 6.39. The van der Waals surface area contributed by atoms with E-state index in [-0.39, 0.29) is 0 Å². The van der Waals surface area contributed by atoms with Crippen LogP contribution in [0, 0.1) is 6.92 Å². The minimum atomic E-state index is 0.536. The minimum absolute atomic E-state index is 0.536. The molecule has 0 amide bonds. The Labute approximate surface area is 96.1 Å². The zero-order valence-electron chi connectivity index (χ0n) is 9.82. The van der Waals surface area contributed by atoms with Crippen LogP contribution in [0.4, 0.5) is 0 Å². The first-order chi connectivity index (χ1) is 7.11. The lowest BCUT2D eigenvalue weighted by Gasteiger charge is -2.15. The number of aryl methyl sites for hydroxylation is 1. The van der Waals surface area contributed by atoms with Crippen LogP contribution in [-0.4, -0.2) is 28.3 Å². The summed E-state index contributed by atoms with van der Waals surface area (Å²) >= 11 is 1.74. The van der Waals surface area contributed by atoms with E-state index in [0.717, 1.165) is 17.3 Å². The van der Waals surface area contributed by atoms with Crippen molar-refractivity contribution in [1.29, 1.82) is 0 Å². The Morgan fingerprint density at radius 3 is 2.80 bits per heavy atom. The van der Waals surface area contributed by atoms with Gasteiger partial charge in [0.15, 0.2) is 5.16 Å². The summed E-state index contributed by atoms with van der Waals surface area (Å²) in [6.07, 6.45) is 2.94. The molecule has 3 nitrogen and oxygen atoms in total. The number of rotatable bonds is 5. The van der Waals surface area contributed by atoms with Crippen molar-refractivity contribution in [1.82, 2.24) is 15.3 Å². The van der Waals surface area contributed by atoms with E-state index < -0.39 is 0 Å². The first-order valence-electron chi connectivity index (χ1n) is 5.25. The second-order valence-corrected chi connectivity index (χ2v) is 5.24. The lowest BCUT2D eigenvalue weighted by molar-refractivity contribution is 0.563. The van der Waals surface area contributed by atoms with E-state index in [2.05, 4.69) is 29.1 Å². The largest absolute Gasteiger partial charge is 0.317 e. The van der Waals surface area contributed by atoms with E-state index in [1.165, 1.54) is 0 Å². The second kappa shape index (κ2) is 6.08. The van der Waals surface area contributed by atoms with Crippen LogP contribution in [0.3, 0.4) is 0 Å². The molecule has 0 aliphatic carbocycles. The van der Waals surface area contributed by atoms with Crippen LogP contribution in [0.15, 0.2) is 17.4 Å². The predicted octanol–water partition coefficient (Wildman–Crippen LogP) is 2.26. The van der Waals surface area contributed by atoms with Gasteiger partial charge < -0.3 is 5.32 Å². The fourth-order valence-corrected chi connectivity index (χ4v) is 2.39. The van der Waals surface area contributed by atoms with Crippen LogP contribution < -0.4 is 5.32 Å². The van der Waals surface area contributed by atoms with Crippen LogP contribution in [-0.2, 0) is 0 Å². The van der Waals surface area contributed by atoms with Crippen LogP contribution in [0.25, 0.3) is 0 Å². The van der Waals surface area contributed by atoms with Gasteiger partial charge in [-0.2, -0.15) is 0 Å². The summed E-state index contributed by atoms with van der Waals surface area (Å²) in [5.41, 5.74) is 1.03. The molecule has 1 aromatic rings. The molecular formula is C11H19N3S. The second-order valence-electron chi connectivity index (χ2n) is 3.83. The highest BCUT2D eigenvalue weighted by Crippen LogP contribution is 2.22. The molecule has 1 aromatic heterocycles. The topological polar surface area (TPSA) is 37.8 Å². The van der Waals surface area contributed by atoms with Crippen LogP contribution in [0.1, 0.15) is 26.0 Å². The van der Waals surface area contributed by atoms with Gasteiger partial charge in [0.2, 0.25) is 0 Å². The van der Waals surface area contributed by atoms with E-state index in [1.54, 1.807) is 11.8 Å². The van der Waals surface area contributed by atoms with E-state index in [9.17, 15) is 0 Å². The van der Waals surface area contributed by atoms with Gasteiger partial charge >= 0.3 is 0 Å². The number of hydrogen-bond acceptors (Lipinski definition) is 4. The van der Waals surface area contributed by atoms with Gasteiger partial charge in [-0.3, -0.25) is 0 Å². The molecule has 0 aliphatic rings. The summed E-state index contributed by atoms with van der Waals surface area (Å²) in [4.78, 5) is 8.62. The molecule has 2 atom stereocenters. The van der Waals surface area contributed by atoms with Crippen LogP contribution in [0.2, 0.25) is 0 Å². The molecule has 0 saturated carbocycles. The molecule has 0 aromatic carbocycles. The molecular weight excluding hydrogens is 206 g/mol. The van der Waals surface area contributed by atoms with E-state index in [0.29, 0.717) is 11.3 Å². The third-order valence-electron chi connectivity index (χ3n) is 2.26. The molecule has 0 aliphatic heterocycles. The maximum atomic E-state index is 4.38. The summed E-state index contributed by atoms with van der Waals surface area (Å²) < 4.78 is 0. The Morgan fingerprint density at radius 1 is 1.47 bits per heavy atom. The molecule has 1 N–H and O–H groups in total. The number of nitrogens with one attached hydrogen (secondary N) is 1. The average molecular weight is 225 g/mol. The van der Waals surface area contributed by atoms with E-state index in [4.69, 9.17) is 0 Å². The summed E-state index contributed by atoms with van der Waals surface area (Å²) in [5, 5.41) is 4.66. The molecule has 0 spiro atoms.